The second-order valence-electron chi connectivity index (χ2n) is 8.18. The average Bonchev–Trinajstić information content (AvgIpc) is 3.44. The molecule has 166 valence electrons. The average molecular weight is 433 g/mol. The molecule has 0 radical (unpaired) electrons. The van der Waals surface area contributed by atoms with Crippen molar-refractivity contribution in [1.29, 1.82) is 0 Å². The largest absolute Gasteiger partial charge is 0.507 e. The summed E-state index contributed by atoms with van der Waals surface area (Å²) in [5, 5.41) is 20.8. The number of amides is 2. The number of anilines is 1. The number of benzene rings is 2. The van der Waals surface area contributed by atoms with Crippen LogP contribution in [0.25, 0.3) is 11.3 Å². The first-order valence-corrected chi connectivity index (χ1v) is 11.1. The van der Waals surface area contributed by atoms with Crippen molar-refractivity contribution in [1.82, 2.24) is 15.1 Å². The van der Waals surface area contributed by atoms with Gasteiger partial charge in [0.2, 0.25) is 0 Å². The van der Waals surface area contributed by atoms with Crippen LogP contribution in [0.3, 0.4) is 0 Å². The van der Waals surface area contributed by atoms with E-state index >= 15 is 0 Å². The standard InChI is InChI=1S/C25H28N4O3/c1-3-26-25(32)29-22(17-9-5-6-10-17)15-21(28-29)20-13-12-18(14-23(20)30)27-24(31)19-11-7-4-8-16(19)2/h4,7-8,11-15,17,30H,3,5-6,9-10H2,1-2H3,(H,26,32)(H,27,31). The predicted molar refractivity (Wildman–Crippen MR) is 124 cm³/mol. The molecule has 0 saturated heterocycles. The van der Waals surface area contributed by atoms with E-state index in [0.717, 1.165) is 36.9 Å². The minimum absolute atomic E-state index is 0.00824. The van der Waals surface area contributed by atoms with E-state index in [1.54, 1.807) is 18.2 Å². The molecule has 7 heteroatoms. The van der Waals surface area contributed by atoms with Crippen LogP contribution in [0.4, 0.5) is 10.5 Å². The molecule has 4 rings (SSSR count). The third-order valence-corrected chi connectivity index (χ3v) is 5.95. The molecule has 1 fully saturated rings. The van der Waals surface area contributed by atoms with E-state index in [4.69, 9.17) is 0 Å². The van der Waals surface area contributed by atoms with Gasteiger partial charge in [-0.1, -0.05) is 31.0 Å². The van der Waals surface area contributed by atoms with Crippen molar-refractivity contribution in [2.75, 3.05) is 11.9 Å². The predicted octanol–water partition coefficient (Wildman–Crippen LogP) is 5.05. The monoisotopic (exact) mass is 432 g/mol. The lowest BCUT2D eigenvalue weighted by Gasteiger charge is -2.11. The molecular formula is C25H28N4O3. The maximum Gasteiger partial charge on any atom is 0.342 e. The van der Waals surface area contributed by atoms with Crippen LogP contribution in [0.1, 0.15) is 60.1 Å². The molecule has 0 atom stereocenters. The molecule has 1 aliphatic carbocycles. The summed E-state index contributed by atoms with van der Waals surface area (Å²) in [4.78, 5) is 25.1. The van der Waals surface area contributed by atoms with E-state index < -0.39 is 0 Å². The zero-order valence-electron chi connectivity index (χ0n) is 18.4. The second kappa shape index (κ2) is 9.26. The highest BCUT2D eigenvalue weighted by Gasteiger charge is 2.25. The summed E-state index contributed by atoms with van der Waals surface area (Å²) in [6.45, 7) is 4.26. The molecule has 32 heavy (non-hydrogen) atoms. The Labute approximate surface area is 187 Å². The SMILES string of the molecule is CCNC(=O)n1nc(-c2ccc(NC(=O)c3ccccc3C)cc2O)cc1C1CCCC1. The molecule has 2 amide bonds. The van der Waals surface area contributed by atoms with Crippen molar-refractivity contribution in [3.8, 4) is 17.0 Å². The van der Waals surface area contributed by atoms with Gasteiger partial charge in [-0.15, -0.1) is 0 Å². The Morgan fingerprint density at radius 2 is 1.88 bits per heavy atom. The summed E-state index contributed by atoms with van der Waals surface area (Å²) in [7, 11) is 0. The Balaban J connectivity index is 1.61. The number of aryl methyl sites for hydroxylation is 1. The maximum atomic E-state index is 12.6. The number of nitrogens with zero attached hydrogens (tertiary/aromatic N) is 2. The molecule has 1 saturated carbocycles. The molecule has 0 spiro atoms. The highest BCUT2D eigenvalue weighted by Crippen LogP contribution is 2.38. The van der Waals surface area contributed by atoms with Crippen LogP contribution in [-0.4, -0.2) is 33.4 Å². The third kappa shape index (κ3) is 4.37. The molecule has 1 heterocycles. The number of hydrogen-bond donors (Lipinski definition) is 3. The van der Waals surface area contributed by atoms with E-state index in [1.807, 2.05) is 38.1 Å². The van der Waals surface area contributed by atoms with Crippen molar-refractivity contribution in [2.45, 2.75) is 45.4 Å². The molecule has 3 N–H and O–H groups in total. The molecule has 0 aliphatic heterocycles. The molecule has 7 nitrogen and oxygen atoms in total. The fraction of sp³-hybridized carbons (Fsp3) is 0.320. The minimum atomic E-state index is -0.262. The first kappa shape index (κ1) is 21.6. The number of nitrogens with one attached hydrogen (secondary N) is 2. The smallest absolute Gasteiger partial charge is 0.342 e. The van der Waals surface area contributed by atoms with Gasteiger partial charge in [0.05, 0.1) is 11.4 Å². The summed E-state index contributed by atoms with van der Waals surface area (Å²) >= 11 is 0. The molecule has 1 aromatic heterocycles. The number of aromatic nitrogens is 2. The minimum Gasteiger partial charge on any atom is -0.507 e. The molecular weight excluding hydrogens is 404 g/mol. The van der Waals surface area contributed by atoms with E-state index in [9.17, 15) is 14.7 Å². The third-order valence-electron chi connectivity index (χ3n) is 5.95. The Morgan fingerprint density at radius 3 is 2.56 bits per heavy atom. The number of rotatable bonds is 5. The summed E-state index contributed by atoms with van der Waals surface area (Å²) in [5.41, 5.74) is 3.87. The molecule has 2 aromatic carbocycles. The van der Waals surface area contributed by atoms with Crippen molar-refractivity contribution in [3.63, 3.8) is 0 Å². The number of aromatic hydroxyl groups is 1. The molecule has 3 aromatic rings. The molecule has 0 bridgehead atoms. The molecule has 0 unspecified atom stereocenters. The number of phenolic OH excluding ortho intramolecular Hbond substituents is 1. The summed E-state index contributed by atoms with van der Waals surface area (Å²) in [6.07, 6.45) is 4.34. The number of carbonyl (C=O) groups is 2. The van der Waals surface area contributed by atoms with Gasteiger partial charge in [-0.25, -0.2) is 4.79 Å². The van der Waals surface area contributed by atoms with Crippen molar-refractivity contribution in [2.24, 2.45) is 0 Å². The lowest BCUT2D eigenvalue weighted by Crippen LogP contribution is -2.30. The van der Waals surface area contributed by atoms with Gasteiger partial charge in [0.25, 0.3) is 5.91 Å². The van der Waals surface area contributed by atoms with Gasteiger partial charge in [0, 0.05) is 35.3 Å². The molecule has 1 aliphatic rings. The van der Waals surface area contributed by atoms with Crippen LogP contribution in [0.2, 0.25) is 0 Å². The van der Waals surface area contributed by atoms with Gasteiger partial charge in [-0.05, 0) is 56.5 Å². The second-order valence-corrected chi connectivity index (χ2v) is 8.18. The summed E-state index contributed by atoms with van der Waals surface area (Å²) in [5.74, 6) is 0.0408. The van der Waals surface area contributed by atoms with Crippen molar-refractivity contribution < 1.29 is 14.7 Å². The van der Waals surface area contributed by atoms with Gasteiger partial charge >= 0.3 is 6.03 Å². The Morgan fingerprint density at radius 1 is 1.12 bits per heavy atom. The lowest BCUT2D eigenvalue weighted by atomic mass is 10.0. The Hall–Kier alpha value is -3.61. The topological polar surface area (TPSA) is 96.3 Å². The first-order valence-electron chi connectivity index (χ1n) is 11.1. The first-order chi connectivity index (χ1) is 15.5. The fourth-order valence-electron chi connectivity index (χ4n) is 4.28. The fourth-order valence-corrected chi connectivity index (χ4v) is 4.28. The van der Waals surface area contributed by atoms with Gasteiger partial charge in [-0.3, -0.25) is 4.79 Å². The quantitative estimate of drug-likeness (QED) is 0.525. The van der Waals surface area contributed by atoms with Crippen LogP contribution in [-0.2, 0) is 0 Å². The van der Waals surface area contributed by atoms with E-state index in [-0.39, 0.29) is 23.6 Å². The number of hydrogen-bond acceptors (Lipinski definition) is 4. The van der Waals surface area contributed by atoms with Crippen LogP contribution in [0.15, 0.2) is 48.5 Å². The van der Waals surface area contributed by atoms with Gasteiger partial charge in [-0.2, -0.15) is 9.78 Å². The Kier molecular flexibility index (Phi) is 6.25. The zero-order chi connectivity index (χ0) is 22.7. The zero-order valence-corrected chi connectivity index (χ0v) is 18.4. The maximum absolute atomic E-state index is 12.6. The van der Waals surface area contributed by atoms with Gasteiger partial charge in [0.15, 0.2) is 0 Å². The summed E-state index contributed by atoms with van der Waals surface area (Å²) < 4.78 is 1.43. The van der Waals surface area contributed by atoms with Crippen LogP contribution in [0.5, 0.6) is 5.75 Å². The van der Waals surface area contributed by atoms with E-state index in [0.29, 0.717) is 29.1 Å². The summed E-state index contributed by atoms with van der Waals surface area (Å²) in [6, 6.07) is 13.9. The van der Waals surface area contributed by atoms with Crippen LogP contribution >= 0.6 is 0 Å². The van der Waals surface area contributed by atoms with E-state index in [2.05, 4.69) is 15.7 Å². The highest BCUT2D eigenvalue weighted by atomic mass is 16.3. The van der Waals surface area contributed by atoms with Gasteiger partial charge < -0.3 is 15.7 Å². The van der Waals surface area contributed by atoms with Crippen molar-refractivity contribution >= 4 is 17.6 Å². The Bertz CT molecular complexity index is 1150. The highest BCUT2D eigenvalue weighted by molar-refractivity contribution is 6.05. The van der Waals surface area contributed by atoms with Crippen LogP contribution < -0.4 is 10.6 Å². The van der Waals surface area contributed by atoms with Crippen LogP contribution in [0, 0.1) is 6.92 Å². The lowest BCUT2D eigenvalue weighted by molar-refractivity contribution is 0.102. The number of phenols is 1. The van der Waals surface area contributed by atoms with Gasteiger partial charge in [0.1, 0.15) is 5.75 Å². The normalized spacial score (nSPS) is 13.8. The van der Waals surface area contributed by atoms with Crippen molar-refractivity contribution in [3.05, 3.63) is 65.4 Å². The number of carbonyl (C=O) groups excluding carboxylic acids is 2. The van der Waals surface area contributed by atoms with E-state index in [1.165, 1.54) is 10.7 Å².